The van der Waals surface area contributed by atoms with Gasteiger partial charge in [-0.05, 0) is 107 Å². The maximum atomic E-state index is 5.10. The predicted octanol–water partition coefficient (Wildman–Crippen LogP) is 11.0. The normalized spacial score (nSPS) is 12.3. The first-order valence-corrected chi connectivity index (χ1v) is 15.4. The van der Waals surface area contributed by atoms with E-state index in [9.17, 15) is 0 Å². The van der Waals surface area contributed by atoms with Crippen molar-refractivity contribution < 1.29 is 4.70 Å². The summed E-state index contributed by atoms with van der Waals surface area (Å²) in [6.45, 7) is 13.6. The Labute approximate surface area is 238 Å². The van der Waals surface area contributed by atoms with Gasteiger partial charge in [-0.1, -0.05) is 101 Å². The van der Waals surface area contributed by atoms with Crippen LogP contribution in [0, 0.1) is 6.92 Å². The van der Waals surface area contributed by atoms with Gasteiger partial charge < -0.3 is 0 Å². The van der Waals surface area contributed by atoms with Gasteiger partial charge in [-0.3, -0.25) is 0 Å². The minimum Gasteiger partial charge on any atom is -0.0909 e. The van der Waals surface area contributed by atoms with E-state index in [0.717, 1.165) is 30.6 Å². The highest BCUT2D eigenvalue weighted by atomic mass is 15.2. The van der Waals surface area contributed by atoms with Crippen LogP contribution >= 0.6 is 0 Å². The van der Waals surface area contributed by atoms with Crippen LogP contribution in [-0.2, 0) is 25.7 Å². The van der Waals surface area contributed by atoms with Crippen molar-refractivity contribution in [3.8, 4) is 11.1 Å². The molecule has 0 amide bonds. The molecule has 2 heteroatoms. The van der Waals surface area contributed by atoms with Crippen molar-refractivity contribution in [1.82, 2.24) is 0 Å². The zero-order valence-electron chi connectivity index (χ0n) is 25.7. The molecule has 39 heavy (non-hydrogen) atoms. The Hall–Kier alpha value is -3.00. The lowest BCUT2D eigenvalue weighted by molar-refractivity contribution is -0.510. The molecule has 0 unspecified atom stereocenters. The van der Waals surface area contributed by atoms with E-state index in [-0.39, 0.29) is 0 Å². The summed E-state index contributed by atoms with van der Waals surface area (Å²) in [4.78, 5) is 0. The van der Waals surface area contributed by atoms with E-state index in [1.165, 1.54) is 89.5 Å². The number of hydrogen-bond donors (Lipinski definition) is 0. The summed E-state index contributed by atoms with van der Waals surface area (Å²) in [6.07, 6.45) is 14.3. The van der Waals surface area contributed by atoms with Gasteiger partial charge in [0.05, 0.1) is 0 Å². The first-order chi connectivity index (χ1) is 18.9. The summed E-state index contributed by atoms with van der Waals surface area (Å²) in [7, 11) is 2.08. The van der Waals surface area contributed by atoms with Crippen molar-refractivity contribution in [2.24, 2.45) is 5.11 Å². The van der Waals surface area contributed by atoms with Crippen LogP contribution in [0.5, 0.6) is 0 Å². The molecule has 0 aliphatic rings. The van der Waals surface area contributed by atoms with Gasteiger partial charge in [0, 0.05) is 13.0 Å². The minimum atomic E-state index is 1.03. The monoisotopic (exact) mass is 523 g/mol. The molecule has 0 aromatic heterocycles. The molecule has 0 spiro atoms. The summed E-state index contributed by atoms with van der Waals surface area (Å²) in [6, 6.07) is 20.2. The molecule has 0 bridgehead atoms. The molecule has 0 aliphatic carbocycles. The molecule has 3 rings (SSSR count). The highest BCUT2D eigenvalue weighted by Crippen LogP contribution is 2.33. The van der Waals surface area contributed by atoms with Crippen LogP contribution in [0.2, 0.25) is 0 Å². The van der Waals surface area contributed by atoms with E-state index in [1.54, 1.807) is 0 Å². The first-order valence-electron chi connectivity index (χ1n) is 15.4. The smallest absolute Gasteiger partial charge is 0.0909 e. The maximum absolute atomic E-state index is 5.10. The lowest BCUT2D eigenvalue weighted by atomic mass is 9.91. The summed E-state index contributed by atoms with van der Waals surface area (Å²) in [5.41, 5.74) is 13.4. The van der Waals surface area contributed by atoms with Gasteiger partial charge in [0.25, 0.3) is 0 Å². The van der Waals surface area contributed by atoms with Crippen molar-refractivity contribution >= 4 is 11.8 Å². The lowest BCUT2D eigenvalue weighted by Gasteiger charge is -2.15. The number of rotatable bonds is 14. The van der Waals surface area contributed by atoms with Crippen LogP contribution in [0.1, 0.15) is 107 Å². The Morgan fingerprint density at radius 3 is 2.13 bits per heavy atom. The fraction of sp³-hybridized carbons (Fsp3) is 0.459. The average Bonchev–Trinajstić information content (AvgIpc) is 2.95. The average molecular weight is 524 g/mol. The van der Waals surface area contributed by atoms with Crippen LogP contribution < -0.4 is 0 Å². The summed E-state index contributed by atoms with van der Waals surface area (Å²) in [5.74, 6) is 0. The molecule has 3 aromatic carbocycles. The Bertz CT molecular complexity index is 1260. The molecule has 0 heterocycles. The lowest BCUT2D eigenvalue weighted by Crippen LogP contribution is -2.01. The zero-order chi connectivity index (χ0) is 28.2. The van der Waals surface area contributed by atoms with Crippen LogP contribution in [0.4, 0.5) is 5.69 Å². The largest absolute Gasteiger partial charge is 0.205 e. The number of allylic oxidation sites excluding steroid dienone is 1. The number of azo groups is 2. The third-order valence-electron chi connectivity index (χ3n) is 8.04. The van der Waals surface area contributed by atoms with Crippen molar-refractivity contribution in [2.45, 2.75) is 106 Å². The van der Waals surface area contributed by atoms with Crippen LogP contribution in [-0.4, -0.2) is 11.7 Å². The van der Waals surface area contributed by atoms with Gasteiger partial charge in [0.2, 0.25) is 5.70 Å². The van der Waals surface area contributed by atoms with Crippen LogP contribution in [0.15, 0.2) is 65.4 Å². The topological polar surface area (TPSA) is 15.4 Å². The number of unbranched alkanes of at least 4 members (excludes halogenated alkanes) is 4. The Morgan fingerprint density at radius 2 is 1.46 bits per heavy atom. The fourth-order valence-corrected chi connectivity index (χ4v) is 5.56. The van der Waals surface area contributed by atoms with Gasteiger partial charge in [0.1, 0.15) is 5.69 Å². The number of aryl methyl sites for hydroxylation is 3. The van der Waals surface area contributed by atoms with Crippen molar-refractivity contribution in [3.63, 3.8) is 0 Å². The second-order valence-corrected chi connectivity index (χ2v) is 11.0. The first kappa shape index (κ1) is 30.5. The maximum Gasteiger partial charge on any atom is 0.205 e. The Morgan fingerprint density at radius 1 is 0.769 bits per heavy atom. The molecular formula is C37H51N2+. The Balaban J connectivity index is 1.98. The SMILES string of the molecule is CCCCCCc1cc(C=C(C)[N+](C)=Nc2cc(CCCC)c(CC)c(-c3ccccc3)c2)cc(CC)c1C. The van der Waals surface area contributed by atoms with Gasteiger partial charge in [0.15, 0.2) is 7.05 Å². The predicted molar refractivity (Wildman–Crippen MR) is 170 cm³/mol. The van der Waals surface area contributed by atoms with Crippen molar-refractivity contribution in [1.29, 1.82) is 0 Å². The van der Waals surface area contributed by atoms with Crippen LogP contribution in [0.3, 0.4) is 0 Å². The van der Waals surface area contributed by atoms with E-state index in [1.807, 2.05) is 4.70 Å². The highest BCUT2D eigenvalue weighted by Gasteiger charge is 2.14. The second-order valence-electron chi connectivity index (χ2n) is 11.0. The van der Waals surface area contributed by atoms with Gasteiger partial charge in [-0.15, -0.1) is 0 Å². The van der Waals surface area contributed by atoms with Gasteiger partial charge in [-0.25, -0.2) is 0 Å². The standard InChI is InChI=1S/C37H51N2/c1-8-12-14-16-22-33-25-30(24-31(10-3)29(33)6)23-28(5)39(7)38-35-26-34(19-13-9-2)36(11-4)37(27-35)32-20-17-15-18-21-32/h15,17-18,20-21,23-27H,8-14,16,19,22H2,1-7H3/q+1. The molecule has 0 radical (unpaired) electrons. The molecule has 0 N–H and O–H groups in total. The third-order valence-corrected chi connectivity index (χ3v) is 8.04. The number of benzene rings is 3. The third kappa shape index (κ3) is 8.49. The summed E-state index contributed by atoms with van der Waals surface area (Å²) in [5, 5.41) is 5.10. The fourth-order valence-electron chi connectivity index (χ4n) is 5.56. The van der Waals surface area contributed by atoms with E-state index < -0.39 is 0 Å². The molecule has 208 valence electrons. The number of hydrogen-bond acceptors (Lipinski definition) is 1. The molecule has 0 atom stereocenters. The molecule has 0 saturated heterocycles. The van der Waals surface area contributed by atoms with E-state index in [4.69, 9.17) is 5.11 Å². The quantitative estimate of drug-likeness (QED) is 0.113. The molecule has 0 aliphatic heterocycles. The second kappa shape index (κ2) is 15.6. The molecular weight excluding hydrogens is 472 g/mol. The molecule has 0 fully saturated rings. The number of nitrogens with zero attached hydrogens (tertiary/aromatic N) is 2. The van der Waals surface area contributed by atoms with Gasteiger partial charge in [-0.2, -0.15) is 0 Å². The van der Waals surface area contributed by atoms with Crippen LogP contribution in [0.25, 0.3) is 17.2 Å². The Kier molecular flexibility index (Phi) is 12.2. The van der Waals surface area contributed by atoms with E-state index in [2.05, 4.69) is 109 Å². The summed E-state index contributed by atoms with van der Waals surface area (Å²) < 4.78 is 2.05. The molecule has 3 aromatic rings. The van der Waals surface area contributed by atoms with E-state index in [0.29, 0.717) is 0 Å². The molecule has 2 nitrogen and oxygen atoms in total. The zero-order valence-corrected chi connectivity index (χ0v) is 25.7. The van der Waals surface area contributed by atoms with Crippen molar-refractivity contribution in [3.05, 3.63) is 93.7 Å². The van der Waals surface area contributed by atoms with Gasteiger partial charge >= 0.3 is 0 Å². The highest BCUT2D eigenvalue weighted by molar-refractivity contribution is 5.72. The van der Waals surface area contributed by atoms with E-state index >= 15 is 0 Å². The van der Waals surface area contributed by atoms with Crippen molar-refractivity contribution in [2.75, 3.05) is 7.05 Å². The summed E-state index contributed by atoms with van der Waals surface area (Å²) >= 11 is 0. The minimum absolute atomic E-state index is 1.03. The molecule has 0 saturated carbocycles.